The van der Waals surface area contributed by atoms with Crippen LogP contribution in [-0.2, 0) is 18.3 Å². The van der Waals surface area contributed by atoms with Crippen molar-refractivity contribution in [2.45, 2.75) is 25.0 Å². The van der Waals surface area contributed by atoms with Crippen LogP contribution in [0.1, 0.15) is 22.3 Å². The van der Waals surface area contributed by atoms with Gasteiger partial charge in [-0.2, -0.15) is 0 Å². The van der Waals surface area contributed by atoms with E-state index in [9.17, 15) is 4.79 Å². The lowest BCUT2D eigenvalue weighted by atomic mass is 10.0. The summed E-state index contributed by atoms with van der Waals surface area (Å²) in [5.41, 5.74) is 8.93. The quantitative estimate of drug-likeness (QED) is 0.631. The second kappa shape index (κ2) is 6.32. The van der Waals surface area contributed by atoms with E-state index in [-0.39, 0.29) is 30.4 Å². The maximum Gasteiger partial charge on any atom is 0.254 e. The molecule has 4 N–H and O–H groups in total. The molecule has 0 saturated carbocycles. The molecule has 0 aliphatic carbocycles. The first-order valence-electron chi connectivity index (χ1n) is 9.26. The van der Waals surface area contributed by atoms with Crippen molar-refractivity contribution in [3.05, 3.63) is 41.6 Å². The van der Waals surface area contributed by atoms with Crippen LogP contribution in [0, 0.1) is 5.82 Å². The van der Waals surface area contributed by atoms with Crippen molar-refractivity contribution in [1.82, 2.24) is 19.3 Å². The number of nitrogens with zero attached hydrogens (tertiary/aromatic N) is 3. The van der Waals surface area contributed by atoms with Crippen molar-refractivity contribution in [3.8, 4) is 11.3 Å². The number of amides is 1. The van der Waals surface area contributed by atoms with Gasteiger partial charge in [0.25, 0.3) is 5.91 Å². The number of aromatic nitrogens is 3. The number of nitrogens with one attached hydrogen (secondary N) is 2. The van der Waals surface area contributed by atoms with Crippen LogP contribution < -0.4 is 16.4 Å². The minimum atomic E-state index is -0.500. The summed E-state index contributed by atoms with van der Waals surface area (Å²) in [6.45, 7) is 1.13. The molecule has 1 fully saturated rings. The van der Waals surface area contributed by atoms with Crippen LogP contribution in [-0.4, -0.2) is 45.2 Å². The highest BCUT2D eigenvalue weighted by Crippen LogP contribution is 2.34. The lowest BCUT2D eigenvalue weighted by Gasteiger charge is -2.30. The first kappa shape index (κ1) is 17.2. The summed E-state index contributed by atoms with van der Waals surface area (Å²) >= 11 is 0. The molecule has 3 aromatic rings. The zero-order valence-electron chi connectivity index (χ0n) is 15.4. The van der Waals surface area contributed by atoms with Gasteiger partial charge in [-0.05, 0) is 12.5 Å². The topological polar surface area (TPSA) is 98.6 Å². The molecule has 9 heteroatoms. The van der Waals surface area contributed by atoms with E-state index < -0.39 is 5.82 Å². The van der Waals surface area contributed by atoms with Crippen LogP contribution in [0.15, 0.2) is 24.7 Å². The highest BCUT2D eigenvalue weighted by Gasteiger charge is 2.32. The molecule has 2 aliphatic heterocycles. The summed E-state index contributed by atoms with van der Waals surface area (Å²) in [4.78, 5) is 16.9. The number of nitrogens with two attached hydrogens (primary N) is 1. The Morgan fingerprint density at radius 3 is 3.07 bits per heavy atom. The normalized spacial score (nSPS) is 21.8. The van der Waals surface area contributed by atoms with Crippen molar-refractivity contribution in [2.75, 3.05) is 18.5 Å². The molecule has 0 radical (unpaired) electrons. The number of carbonyl (C=O) groups is 1. The van der Waals surface area contributed by atoms with Gasteiger partial charge < -0.3 is 30.1 Å². The third-order valence-corrected chi connectivity index (χ3v) is 5.52. The fraction of sp³-hybridized carbons (Fsp3) is 0.368. The molecule has 2 aliphatic rings. The zero-order chi connectivity index (χ0) is 19.4. The van der Waals surface area contributed by atoms with Crippen molar-refractivity contribution in [3.63, 3.8) is 0 Å². The summed E-state index contributed by atoms with van der Waals surface area (Å²) in [5, 5.41) is 5.86. The number of hydrogen-bond donors (Lipinski definition) is 3. The zero-order valence-corrected chi connectivity index (χ0v) is 15.4. The number of rotatable bonds is 3. The molecular weight excluding hydrogens is 363 g/mol. The Morgan fingerprint density at radius 1 is 1.43 bits per heavy atom. The number of carbonyl (C=O) groups excluding carboxylic acids is 1. The second-order valence-electron chi connectivity index (χ2n) is 7.34. The lowest BCUT2D eigenvalue weighted by Crippen LogP contribution is -2.48. The van der Waals surface area contributed by atoms with Crippen molar-refractivity contribution < 1.29 is 13.9 Å². The minimum absolute atomic E-state index is 0.128. The van der Waals surface area contributed by atoms with Crippen molar-refractivity contribution >= 4 is 17.4 Å². The summed E-state index contributed by atoms with van der Waals surface area (Å²) in [6, 6.07) is 1.55. The number of aryl methyl sites for hydroxylation is 1. The minimum Gasteiger partial charge on any atom is -0.380 e. The van der Waals surface area contributed by atoms with Gasteiger partial charge in [0.2, 0.25) is 0 Å². The summed E-state index contributed by atoms with van der Waals surface area (Å²) in [7, 11) is 1.94. The first-order valence-corrected chi connectivity index (χ1v) is 9.26. The molecule has 0 aromatic carbocycles. The molecule has 146 valence electrons. The number of halogens is 1. The van der Waals surface area contributed by atoms with Gasteiger partial charge in [0, 0.05) is 62.0 Å². The molecule has 0 bridgehead atoms. The molecule has 0 unspecified atom stereocenters. The fourth-order valence-electron chi connectivity index (χ4n) is 3.95. The summed E-state index contributed by atoms with van der Waals surface area (Å²) in [5.74, 6) is -0.677. The van der Waals surface area contributed by atoms with Crippen LogP contribution in [0.5, 0.6) is 0 Å². The van der Waals surface area contributed by atoms with Gasteiger partial charge in [-0.1, -0.05) is 0 Å². The van der Waals surface area contributed by atoms with Gasteiger partial charge in [0.05, 0.1) is 17.9 Å². The lowest BCUT2D eigenvalue weighted by molar-refractivity contribution is 0.0751. The summed E-state index contributed by atoms with van der Waals surface area (Å²) < 4.78 is 24.4. The van der Waals surface area contributed by atoms with E-state index in [0.29, 0.717) is 36.5 Å². The van der Waals surface area contributed by atoms with Crippen LogP contribution in [0.25, 0.3) is 16.9 Å². The fourth-order valence-corrected chi connectivity index (χ4v) is 3.95. The Bertz CT molecular complexity index is 1090. The van der Waals surface area contributed by atoms with E-state index in [0.717, 1.165) is 11.2 Å². The maximum atomic E-state index is 15.1. The van der Waals surface area contributed by atoms with Crippen LogP contribution >= 0.6 is 0 Å². The molecule has 1 amide bonds. The van der Waals surface area contributed by atoms with Crippen LogP contribution in [0.2, 0.25) is 0 Å². The van der Waals surface area contributed by atoms with Gasteiger partial charge >= 0.3 is 0 Å². The third kappa shape index (κ3) is 2.58. The smallest absolute Gasteiger partial charge is 0.254 e. The maximum absolute atomic E-state index is 15.1. The molecule has 5 rings (SSSR count). The van der Waals surface area contributed by atoms with Crippen molar-refractivity contribution in [2.24, 2.45) is 12.8 Å². The SMILES string of the molecule is Cn1ccn2cc(-c3nc(N[C@@H]4CCOC[C@@H]4N)c(F)c4c3C(=O)NC4)cc12. The average Bonchev–Trinajstić information content (AvgIpc) is 3.36. The number of hydrogen-bond acceptors (Lipinski definition) is 5. The van der Waals surface area contributed by atoms with E-state index in [2.05, 4.69) is 15.6 Å². The van der Waals surface area contributed by atoms with E-state index in [1.807, 2.05) is 40.7 Å². The summed E-state index contributed by atoms with van der Waals surface area (Å²) in [6.07, 6.45) is 6.42. The average molecular weight is 384 g/mol. The van der Waals surface area contributed by atoms with Crippen LogP contribution in [0.4, 0.5) is 10.2 Å². The van der Waals surface area contributed by atoms with Gasteiger partial charge in [-0.25, -0.2) is 9.37 Å². The molecule has 2 atom stereocenters. The predicted octanol–water partition coefficient (Wildman–Crippen LogP) is 1.25. The molecule has 8 nitrogen and oxygen atoms in total. The molecule has 28 heavy (non-hydrogen) atoms. The Kier molecular flexibility index (Phi) is 3.88. The second-order valence-corrected chi connectivity index (χ2v) is 7.34. The van der Waals surface area contributed by atoms with E-state index in [4.69, 9.17) is 10.5 Å². The Morgan fingerprint density at radius 2 is 2.29 bits per heavy atom. The first-order chi connectivity index (χ1) is 13.5. The standard InChI is InChI=1S/C19H21FN6O2/c1-25-3-4-26-8-10(6-14(25)26)17-15-11(7-22-19(15)27)16(20)18(24-17)23-13-2-5-28-9-12(13)21/h3-4,6,8,12-13H,2,5,7,9,21H2,1H3,(H,22,27)(H,23,24)/t12-,13+/m0/s1. The van der Waals surface area contributed by atoms with E-state index >= 15 is 4.39 Å². The van der Waals surface area contributed by atoms with Crippen molar-refractivity contribution in [1.29, 1.82) is 0 Å². The third-order valence-electron chi connectivity index (χ3n) is 5.52. The van der Waals surface area contributed by atoms with Gasteiger partial charge in [0.15, 0.2) is 11.6 Å². The van der Waals surface area contributed by atoms with Crippen LogP contribution in [0.3, 0.4) is 0 Å². The van der Waals surface area contributed by atoms with Gasteiger partial charge in [-0.15, -0.1) is 0 Å². The molecule has 1 saturated heterocycles. The largest absolute Gasteiger partial charge is 0.380 e. The molecular formula is C19H21FN6O2. The molecule has 5 heterocycles. The Balaban J connectivity index is 1.63. The number of imidazole rings is 1. The highest BCUT2D eigenvalue weighted by atomic mass is 19.1. The number of fused-ring (bicyclic) bond motifs is 2. The number of ether oxygens (including phenoxy) is 1. The Labute approximate surface area is 160 Å². The molecule has 0 spiro atoms. The van der Waals surface area contributed by atoms with E-state index in [1.165, 1.54) is 0 Å². The van der Waals surface area contributed by atoms with Gasteiger partial charge in [-0.3, -0.25) is 4.79 Å². The molecule has 3 aromatic heterocycles. The van der Waals surface area contributed by atoms with E-state index in [1.54, 1.807) is 0 Å². The monoisotopic (exact) mass is 384 g/mol. The highest BCUT2D eigenvalue weighted by molar-refractivity contribution is 6.04. The number of pyridine rings is 1. The van der Waals surface area contributed by atoms with Gasteiger partial charge in [0.1, 0.15) is 5.65 Å². The number of anilines is 1. The predicted molar refractivity (Wildman–Crippen MR) is 102 cm³/mol. The Hall–Kier alpha value is -2.91.